The first-order valence-electron chi connectivity index (χ1n) is 5.06. The van der Waals surface area contributed by atoms with Crippen LogP contribution in [0.3, 0.4) is 0 Å². The minimum atomic E-state index is 0.626. The van der Waals surface area contributed by atoms with Gasteiger partial charge in [-0.05, 0) is 28.1 Å². The van der Waals surface area contributed by atoms with Crippen LogP contribution in [0.25, 0.3) is 0 Å². The average molecular weight is 297 g/mol. The number of methoxy groups -OCH3 is 1. The molecular formula is C11H13BrN4O. The molecule has 2 rings (SSSR count). The molecule has 0 aliphatic carbocycles. The molecule has 1 aromatic carbocycles. The van der Waals surface area contributed by atoms with Crippen LogP contribution in [0.4, 0.5) is 11.4 Å². The van der Waals surface area contributed by atoms with Crippen molar-refractivity contribution < 1.29 is 4.74 Å². The molecule has 0 unspecified atom stereocenters. The van der Waals surface area contributed by atoms with E-state index in [0.29, 0.717) is 12.2 Å². The number of nitrogens with one attached hydrogen (secondary N) is 2. The number of nitrogen functional groups attached to an aromatic ring is 1. The Morgan fingerprint density at radius 1 is 1.53 bits per heavy atom. The Labute approximate surface area is 108 Å². The second-order valence-corrected chi connectivity index (χ2v) is 4.40. The van der Waals surface area contributed by atoms with Gasteiger partial charge in [0, 0.05) is 6.07 Å². The minimum Gasteiger partial charge on any atom is -0.497 e. The molecule has 0 fully saturated rings. The predicted octanol–water partition coefficient (Wildman–Crippen LogP) is 1.88. The molecule has 0 spiro atoms. The Bertz CT molecular complexity index is 484. The number of nitrogens with two attached hydrogens (primary N) is 1. The maximum atomic E-state index is 5.90. The highest BCUT2D eigenvalue weighted by Gasteiger charge is 2.06. The molecule has 0 bridgehead atoms. The normalized spacial score (nSPS) is 14.5. The highest BCUT2D eigenvalue weighted by atomic mass is 79.9. The van der Waals surface area contributed by atoms with Gasteiger partial charge >= 0.3 is 0 Å². The molecule has 0 aromatic heterocycles. The summed E-state index contributed by atoms with van der Waals surface area (Å²) in [4.78, 5) is 4.15. The van der Waals surface area contributed by atoms with Crippen LogP contribution >= 0.6 is 15.9 Å². The van der Waals surface area contributed by atoms with E-state index in [9.17, 15) is 0 Å². The van der Waals surface area contributed by atoms with Crippen LogP contribution in [0.1, 0.15) is 0 Å². The molecule has 0 atom stereocenters. The third-order valence-corrected chi connectivity index (χ3v) is 2.77. The van der Waals surface area contributed by atoms with Crippen molar-refractivity contribution in [2.45, 2.75) is 0 Å². The second kappa shape index (κ2) is 5.09. The summed E-state index contributed by atoms with van der Waals surface area (Å²) in [5, 5.41) is 6.32. The van der Waals surface area contributed by atoms with Crippen LogP contribution in [0.2, 0.25) is 0 Å². The van der Waals surface area contributed by atoms with Crippen molar-refractivity contribution in [3.8, 4) is 5.75 Å². The second-order valence-electron chi connectivity index (χ2n) is 3.48. The van der Waals surface area contributed by atoms with Gasteiger partial charge < -0.3 is 21.1 Å². The monoisotopic (exact) mass is 296 g/mol. The number of anilines is 2. The fourth-order valence-corrected chi connectivity index (χ4v) is 1.64. The van der Waals surface area contributed by atoms with Crippen molar-refractivity contribution in [3.63, 3.8) is 0 Å². The molecular weight excluding hydrogens is 284 g/mol. The summed E-state index contributed by atoms with van der Waals surface area (Å²) < 4.78 is 5.95. The van der Waals surface area contributed by atoms with Gasteiger partial charge in [0.1, 0.15) is 16.2 Å². The van der Waals surface area contributed by atoms with Crippen molar-refractivity contribution in [1.82, 2.24) is 5.32 Å². The van der Waals surface area contributed by atoms with Crippen molar-refractivity contribution in [1.29, 1.82) is 0 Å². The molecule has 17 heavy (non-hydrogen) atoms. The van der Waals surface area contributed by atoms with E-state index in [0.717, 1.165) is 21.9 Å². The number of benzene rings is 1. The molecule has 5 nitrogen and oxygen atoms in total. The molecule has 1 aliphatic rings. The van der Waals surface area contributed by atoms with Crippen molar-refractivity contribution in [3.05, 3.63) is 30.2 Å². The Hall–Kier alpha value is -1.69. The molecule has 1 aliphatic heterocycles. The Kier molecular flexibility index (Phi) is 3.53. The number of ether oxygens (including phenoxy) is 1. The third-order valence-electron chi connectivity index (χ3n) is 2.29. The van der Waals surface area contributed by atoms with Crippen LogP contribution in [0, 0.1) is 0 Å². The van der Waals surface area contributed by atoms with Gasteiger partial charge in [-0.25, -0.2) is 4.99 Å². The highest BCUT2D eigenvalue weighted by molar-refractivity contribution is 9.18. The van der Waals surface area contributed by atoms with Crippen molar-refractivity contribution in [2.75, 3.05) is 24.7 Å². The van der Waals surface area contributed by atoms with E-state index in [1.807, 2.05) is 12.1 Å². The summed E-state index contributed by atoms with van der Waals surface area (Å²) in [6, 6.07) is 5.48. The van der Waals surface area contributed by atoms with Gasteiger partial charge in [0.25, 0.3) is 0 Å². The van der Waals surface area contributed by atoms with Crippen LogP contribution in [0.15, 0.2) is 35.2 Å². The summed E-state index contributed by atoms with van der Waals surface area (Å²) in [6.45, 7) is 0.662. The minimum absolute atomic E-state index is 0.626. The van der Waals surface area contributed by atoms with Gasteiger partial charge in [-0.3, -0.25) is 0 Å². The van der Waals surface area contributed by atoms with E-state index in [2.05, 4.69) is 31.6 Å². The van der Waals surface area contributed by atoms with E-state index in [1.165, 1.54) is 0 Å². The molecule has 6 heteroatoms. The molecule has 90 valence electrons. The molecule has 4 N–H and O–H groups in total. The van der Waals surface area contributed by atoms with E-state index < -0.39 is 0 Å². The van der Waals surface area contributed by atoms with Crippen LogP contribution in [0.5, 0.6) is 5.75 Å². The topological polar surface area (TPSA) is 71.7 Å². The lowest BCUT2D eigenvalue weighted by molar-refractivity contribution is 0.415. The Balaban J connectivity index is 2.14. The van der Waals surface area contributed by atoms with Crippen molar-refractivity contribution >= 4 is 31.9 Å². The zero-order valence-electron chi connectivity index (χ0n) is 9.33. The summed E-state index contributed by atoms with van der Waals surface area (Å²) in [5.41, 5.74) is 7.34. The van der Waals surface area contributed by atoms with E-state index in [-0.39, 0.29) is 0 Å². The zero-order valence-corrected chi connectivity index (χ0v) is 10.9. The van der Waals surface area contributed by atoms with Crippen LogP contribution in [-0.4, -0.2) is 18.3 Å². The quantitative estimate of drug-likeness (QED) is 0.745. The van der Waals surface area contributed by atoms with Gasteiger partial charge in [0.2, 0.25) is 0 Å². The Morgan fingerprint density at radius 2 is 2.35 bits per heavy atom. The van der Waals surface area contributed by atoms with Gasteiger partial charge in [0.05, 0.1) is 31.2 Å². The number of nitrogens with zero attached hydrogens (tertiary/aromatic N) is 1. The third kappa shape index (κ3) is 2.91. The summed E-state index contributed by atoms with van der Waals surface area (Å²) in [5.74, 6) is 1.55. The molecule has 1 heterocycles. The fraction of sp³-hybridized carbons (Fsp3) is 0.182. The maximum absolute atomic E-state index is 5.90. The summed E-state index contributed by atoms with van der Waals surface area (Å²) in [6.07, 6.45) is 1.71. The highest BCUT2D eigenvalue weighted by Crippen LogP contribution is 2.25. The number of hydrogen-bond donors (Lipinski definition) is 3. The van der Waals surface area contributed by atoms with Gasteiger partial charge in [-0.1, -0.05) is 0 Å². The number of hydrogen-bond acceptors (Lipinski definition) is 5. The standard InChI is InChI=1S/C11H13BrN4O/c1-17-7-2-3-9(8(13)4-7)16-11-6-14-10(12)5-15-11/h2-4,6,15-16H,5,13H2,1H3. The van der Waals surface area contributed by atoms with Crippen LogP contribution in [-0.2, 0) is 0 Å². The van der Waals surface area contributed by atoms with E-state index in [4.69, 9.17) is 10.5 Å². The lowest BCUT2D eigenvalue weighted by Crippen LogP contribution is -2.26. The first-order chi connectivity index (χ1) is 8.19. The van der Waals surface area contributed by atoms with Gasteiger partial charge in [-0.2, -0.15) is 0 Å². The van der Waals surface area contributed by atoms with E-state index in [1.54, 1.807) is 19.4 Å². The molecule has 0 radical (unpaired) electrons. The molecule has 0 saturated heterocycles. The lowest BCUT2D eigenvalue weighted by Gasteiger charge is -2.17. The average Bonchev–Trinajstić information content (AvgIpc) is 2.34. The largest absolute Gasteiger partial charge is 0.497 e. The first kappa shape index (κ1) is 11.8. The number of aliphatic imine (C=N–C) groups is 1. The maximum Gasteiger partial charge on any atom is 0.122 e. The lowest BCUT2D eigenvalue weighted by atomic mass is 10.2. The molecule has 0 saturated carbocycles. The van der Waals surface area contributed by atoms with E-state index >= 15 is 0 Å². The Morgan fingerprint density at radius 3 is 2.94 bits per heavy atom. The fourth-order valence-electron chi connectivity index (χ4n) is 1.40. The predicted molar refractivity (Wildman–Crippen MR) is 73.5 cm³/mol. The SMILES string of the molecule is COc1ccc(NC2=CN=C(Br)CN2)c(N)c1. The summed E-state index contributed by atoms with van der Waals surface area (Å²) >= 11 is 3.31. The van der Waals surface area contributed by atoms with Gasteiger partial charge in [0.15, 0.2) is 0 Å². The molecule has 1 aromatic rings. The summed E-state index contributed by atoms with van der Waals surface area (Å²) in [7, 11) is 1.61. The van der Waals surface area contributed by atoms with Crippen LogP contribution < -0.4 is 21.1 Å². The smallest absolute Gasteiger partial charge is 0.122 e. The molecule has 0 amide bonds. The first-order valence-corrected chi connectivity index (χ1v) is 5.85. The van der Waals surface area contributed by atoms with Gasteiger partial charge in [-0.15, -0.1) is 0 Å². The zero-order chi connectivity index (χ0) is 12.3. The number of rotatable bonds is 3. The number of halogens is 1. The van der Waals surface area contributed by atoms with Crippen molar-refractivity contribution in [2.24, 2.45) is 4.99 Å².